The fourth-order valence-electron chi connectivity index (χ4n) is 3.52. The van der Waals surface area contributed by atoms with Crippen LogP contribution in [0.3, 0.4) is 0 Å². The first kappa shape index (κ1) is 22.4. The van der Waals surface area contributed by atoms with Crippen molar-refractivity contribution in [3.63, 3.8) is 0 Å². The van der Waals surface area contributed by atoms with Crippen LogP contribution in [0.25, 0.3) is 0 Å². The van der Waals surface area contributed by atoms with E-state index in [-0.39, 0.29) is 11.5 Å². The van der Waals surface area contributed by atoms with Gasteiger partial charge in [0, 0.05) is 18.2 Å². The van der Waals surface area contributed by atoms with E-state index in [4.69, 9.17) is 0 Å². The lowest BCUT2D eigenvalue weighted by Crippen LogP contribution is -2.39. The molecule has 3 rings (SSSR count). The van der Waals surface area contributed by atoms with Gasteiger partial charge < -0.3 is 0 Å². The molecule has 0 radical (unpaired) electrons. The number of rotatable bonds is 6. The van der Waals surface area contributed by atoms with E-state index in [0.29, 0.717) is 28.1 Å². The van der Waals surface area contributed by atoms with Crippen molar-refractivity contribution in [2.24, 2.45) is 7.05 Å². The molecule has 31 heavy (non-hydrogen) atoms. The summed E-state index contributed by atoms with van der Waals surface area (Å²) in [6.45, 7) is 5.01. The quantitative estimate of drug-likeness (QED) is 0.550. The Hall–Kier alpha value is -3.26. The number of hydrogen-bond donors (Lipinski definition) is 0. The van der Waals surface area contributed by atoms with Crippen LogP contribution in [0.1, 0.15) is 45.7 Å². The summed E-state index contributed by atoms with van der Waals surface area (Å²) in [4.78, 5) is 26.2. The van der Waals surface area contributed by atoms with Crippen LogP contribution in [0.15, 0.2) is 54.6 Å². The number of sulfonamides is 1. The Kier molecular flexibility index (Phi) is 6.13. The Bertz CT molecular complexity index is 1250. The van der Waals surface area contributed by atoms with Crippen molar-refractivity contribution in [1.29, 1.82) is 0 Å². The second-order valence-electron chi connectivity index (χ2n) is 7.55. The van der Waals surface area contributed by atoms with Gasteiger partial charge in [-0.25, -0.2) is 12.7 Å². The van der Waals surface area contributed by atoms with E-state index in [1.54, 1.807) is 81.0 Å². The molecule has 0 spiro atoms. The highest BCUT2D eigenvalue weighted by atomic mass is 32.2. The lowest BCUT2D eigenvalue weighted by Gasteiger charge is -2.24. The van der Waals surface area contributed by atoms with Gasteiger partial charge in [-0.3, -0.25) is 14.3 Å². The third-order valence-electron chi connectivity index (χ3n) is 5.26. The van der Waals surface area contributed by atoms with Crippen molar-refractivity contribution < 1.29 is 18.0 Å². The van der Waals surface area contributed by atoms with Gasteiger partial charge in [0.15, 0.2) is 5.78 Å². The van der Waals surface area contributed by atoms with Gasteiger partial charge in [-0.15, -0.1) is 0 Å². The number of aryl methyl sites for hydroxylation is 2. The Morgan fingerprint density at radius 2 is 1.61 bits per heavy atom. The van der Waals surface area contributed by atoms with Gasteiger partial charge in [-0.1, -0.05) is 48.5 Å². The summed E-state index contributed by atoms with van der Waals surface area (Å²) in [5.41, 5.74) is 2.80. The maximum Gasteiger partial charge on any atom is 0.248 e. The van der Waals surface area contributed by atoms with Gasteiger partial charge in [0.1, 0.15) is 5.69 Å². The van der Waals surface area contributed by atoms with Crippen LogP contribution in [0.5, 0.6) is 0 Å². The molecule has 3 aromatic rings. The van der Waals surface area contributed by atoms with Crippen LogP contribution in [0.4, 0.5) is 5.69 Å². The summed E-state index contributed by atoms with van der Waals surface area (Å²) in [5.74, 6) is -1.57. The third kappa shape index (κ3) is 4.44. The fraction of sp³-hybridized carbons (Fsp3) is 0.261. The molecule has 162 valence electrons. The number of amides is 1. The molecule has 0 saturated carbocycles. The van der Waals surface area contributed by atoms with Crippen molar-refractivity contribution in [3.05, 3.63) is 82.7 Å². The molecule has 1 atom stereocenters. The molecule has 2 aromatic carbocycles. The Morgan fingerprint density at radius 3 is 2.16 bits per heavy atom. The molecule has 1 heterocycles. The lowest BCUT2D eigenvalue weighted by atomic mass is 9.95. The number of carbonyl (C=O) groups excluding carboxylic acids is 2. The molecule has 8 heteroatoms. The number of benzene rings is 2. The molecule has 0 aliphatic carbocycles. The molecule has 0 aliphatic heterocycles. The predicted octanol–water partition coefficient (Wildman–Crippen LogP) is 3.36. The van der Waals surface area contributed by atoms with Crippen LogP contribution in [-0.4, -0.2) is 36.1 Å². The van der Waals surface area contributed by atoms with Gasteiger partial charge in [-0.2, -0.15) is 5.10 Å². The van der Waals surface area contributed by atoms with E-state index >= 15 is 0 Å². The molecule has 0 saturated heterocycles. The zero-order chi connectivity index (χ0) is 22.9. The normalized spacial score (nSPS) is 12.4. The van der Waals surface area contributed by atoms with Gasteiger partial charge >= 0.3 is 0 Å². The zero-order valence-electron chi connectivity index (χ0n) is 18.2. The van der Waals surface area contributed by atoms with Crippen molar-refractivity contribution in [3.8, 4) is 0 Å². The summed E-state index contributed by atoms with van der Waals surface area (Å²) in [6.07, 6.45) is 0.999. The number of anilines is 1. The maximum atomic E-state index is 13.4. The largest absolute Gasteiger partial charge is 0.289 e. The van der Waals surface area contributed by atoms with Crippen LogP contribution in [0, 0.1) is 13.8 Å². The second kappa shape index (κ2) is 8.47. The minimum absolute atomic E-state index is 0.166. The van der Waals surface area contributed by atoms with E-state index < -0.39 is 21.8 Å². The minimum Gasteiger partial charge on any atom is -0.289 e. The van der Waals surface area contributed by atoms with Gasteiger partial charge in [0.2, 0.25) is 15.9 Å². The van der Waals surface area contributed by atoms with Crippen molar-refractivity contribution in [2.45, 2.75) is 26.7 Å². The average molecular weight is 440 g/mol. The highest BCUT2D eigenvalue weighted by Crippen LogP contribution is 2.30. The van der Waals surface area contributed by atoms with E-state index in [1.165, 1.54) is 0 Å². The molecular weight excluding hydrogens is 414 g/mol. The highest BCUT2D eigenvalue weighted by molar-refractivity contribution is 7.92. The topological polar surface area (TPSA) is 89.3 Å². The molecule has 1 amide bonds. The zero-order valence-corrected chi connectivity index (χ0v) is 19.0. The molecule has 1 unspecified atom stereocenters. The molecule has 0 bridgehead atoms. The van der Waals surface area contributed by atoms with E-state index in [0.717, 1.165) is 10.6 Å². The van der Waals surface area contributed by atoms with Crippen LogP contribution < -0.4 is 4.31 Å². The molecular formula is C23H25N3O4S. The van der Waals surface area contributed by atoms with E-state index in [9.17, 15) is 18.0 Å². The number of ketones is 1. The van der Waals surface area contributed by atoms with Crippen molar-refractivity contribution in [2.75, 3.05) is 10.6 Å². The Balaban J connectivity index is 2.00. The first-order valence-corrected chi connectivity index (χ1v) is 11.6. The number of hydrogen-bond acceptors (Lipinski definition) is 5. The van der Waals surface area contributed by atoms with Gasteiger partial charge in [-0.05, 0) is 32.4 Å². The lowest BCUT2D eigenvalue weighted by molar-refractivity contribution is -0.118. The summed E-state index contributed by atoms with van der Waals surface area (Å²) < 4.78 is 27.6. The van der Waals surface area contributed by atoms with Crippen molar-refractivity contribution >= 4 is 27.4 Å². The SMILES string of the molecule is Cc1nn(C)c(C)c1N(C(=O)C(C)c1cccc(C(=O)c2ccccc2)c1)S(C)(=O)=O. The van der Waals surface area contributed by atoms with E-state index in [2.05, 4.69) is 5.10 Å². The molecule has 0 N–H and O–H groups in total. The summed E-state index contributed by atoms with van der Waals surface area (Å²) >= 11 is 0. The third-order valence-corrected chi connectivity index (χ3v) is 6.29. The predicted molar refractivity (Wildman–Crippen MR) is 120 cm³/mol. The molecule has 0 aliphatic rings. The maximum absolute atomic E-state index is 13.4. The fourth-order valence-corrected chi connectivity index (χ4v) is 4.60. The van der Waals surface area contributed by atoms with Crippen LogP contribution in [-0.2, 0) is 21.9 Å². The summed E-state index contributed by atoms with van der Waals surface area (Å²) in [7, 11) is -2.21. The number of aromatic nitrogens is 2. The van der Waals surface area contributed by atoms with Gasteiger partial charge in [0.05, 0.1) is 23.6 Å². The van der Waals surface area contributed by atoms with Crippen LogP contribution >= 0.6 is 0 Å². The van der Waals surface area contributed by atoms with Gasteiger partial charge in [0.25, 0.3) is 0 Å². The molecule has 1 aromatic heterocycles. The summed E-state index contributed by atoms with van der Waals surface area (Å²) in [6, 6.07) is 15.6. The Morgan fingerprint density at radius 1 is 1.00 bits per heavy atom. The number of nitrogens with zero attached hydrogens (tertiary/aromatic N) is 3. The monoisotopic (exact) mass is 439 g/mol. The van der Waals surface area contributed by atoms with Crippen molar-refractivity contribution in [1.82, 2.24) is 9.78 Å². The van der Waals surface area contributed by atoms with E-state index in [1.807, 2.05) is 6.07 Å². The smallest absolute Gasteiger partial charge is 0.248 e. The standard InChI is InChI=1S/C23H25N3O4S/c1-15(19-12-9-13-20(14-19)22(27)18-10-7-6-8-11-18)23(28)26(31(5,29)30)21-16(2)24-25(4)17(21)3/h6-15H,1-5H3. The molecule has 0 fully saturated rings. The summed E-state index contributed by atoms with van der Waals surface area (Å²) in [5, 5.41) is 4.24. The molecule has 7 nitrogen and oxygen atoms in total. The average Bonchev–Trinajstić information content (AvgIpc) is 2.98. The second-order valence-corrected chi connectivity index (χ2v) is 9.38. The Labute approximate surface area is 182 Å². The first-order valence-electron chi connectivity index (χ1n) is 9.76. The highest BCUT2D eigenvalue weighted by Gasteiger charge is 2.34. The first-order chi connectivity index (χ1) is 14.5. The number of carbonyl (C=O) groups is 2. The van der Waals surface area contributed by atoms with Crippen LogP contribution in [0.2, 0.25) is 0 Å². The minimum atomic E-state index is -3.91.